The predicted molar refractivity (Wildman–Crippen MR) is 125 cm³/mol. The number of nitrogens with one attached hydrogen (secondary N) is 2. The highest BCUT2D eigenvalue weighted by atomic mass is 32.2. The van der Waals surface area contributed by atoms with E-state index >= 15 is 0 Å². The Balaban J connectivity index is 1.64. The highest BCUT2D eigenvalue weighted by Gasteiger charge is 2.17. The Morgan fingerprint density at radius 2 is 1.53 bits per heavy atom. The molecule has 0 fully saturated rings. The first kappa shape index (κ1) is 23.1. The van der Waals surface area contributed by atoms with Crippen molar-refractivity contribution in [2.45, 2.75) is 31.8 Å². The minimum absolute atomic E-state index is 0.0920. The molecule has 0 saturated carbocycles. The molecule has 0 aliphatic carbocycles. The lowest BCUT2D eigenvalue weighted by Gasteiger charge is -2.15. The average Bonchev–Trinajstić information content (AvgIpc) is 2.76. The molecule has 0 spiro atoms. The van der Waals surface area contributed by atoms with Crippen LogP contribution in [0.4, 0.5) is 11.4 Å². The number of methoxy groups -OCH3 is 1. The Bertz CT molecular complexity index is 1210. The predicted octanol–water partition coefficient (Wildman–Crippen LogP) is 4.52. The molecule has 2 N–H and O–H groups in total. The van der Waals surface area contributed by atoms with Gasteiger partial charge in [0.1, 0.15) is 11.5 Å². The Labute approximate surface area is 188 Å². The molecule has 0 saturated heterocycles. The Morgan fingerprint density at radius 3 is 2.19 bits per heavy atom. The summed E-state index contributed by atoms with van der Waals surface area (Å²) in [7, 11) is -2.20. The van der Waals surface area contributed by atoms with Gasteiger partial charge < -0.3 is 14.8 Å². The summed E-state index contributed by atoms with van der Waals surface area (Å²) in [4.78, 5) is 12.5. The van der Waals surface area contributed by atoms with Crippen LogP contribution in [0.2, 0.25) is 0 Å². The number of rotatable bonds is 8. The van der Waals surface area contributed by atoms with Crippen LogP contribution in [0.3, 0.4) is 0 Å². The summed E-state index contributed by atoms with van der Waals surface area (Å²) in [5, 5.41) is 2.72. The number of aryl methyl sites for hydroxylation is 2. The summed E-state index contributed by atoms with van der Waals surface area (Å²) in [6, 6.07) is 18.3. The molecule has 1 amide bonds. The molecule has 3 aromatic rings. The molecule has 0 aromatic heterocycles. The topological polar surface area (TPSA) is 93.7 Å². The number of ether oxygens (including phenoxy) is 2. The molecule has 32 heavy (non-hydrogen) atoms. The summed E-state index contributed by atoms with van der Waals surface area (Å²) in [5.41, 5.74) is 3.03. The molecule has 0 bridgehead atoms. The molecule has 1 atom stereocenters. The first-order chi connectivity index (χ1) is 15.2. The van der Waals surface area contributed by atoms with E-state index in [1.54, 1.807) is 50.4 Å². The normalized spacial score (nSPS) is 12.0. The van der Waals surface area contributed by atoms with E-state index in [1.165, 1.54) is 24.3 Å². The fourth-order valence-electron chi connectivity index (χ4n) is 2.91. The van der Waals surface area contributed by atoms with E-state index in [2.05, 4.69) is 10.0 Å². The molecule has 3 aromatic carbocycles. The molecule has 168 valence electrons. The van der Waals surface area contributed by atoms with Gasteiger partial charge >= 0.3 is 0 Å². The van der Waals surface area contributed by atoms with Gasteiger partial charge in [-0.1, -0.05) is 12.1 Å². The van der Waals surface area contributed by atoms with Crippen LogP contribution >= 0.6 is 0 Å². The van der Waals surface area contributed by atoms with Crippen molar-refractivity contribution in [2.75, 3.05) is 17.1 Å². The van der Waals surface area contributed by atoms with E-state index in [1.807, 2.05) is 19.9 Å². The molecule has 0 aliphatic rings. The van der Waals surface area contributed by atoms with Gasteiger partial charge in [0.25, 0.3) is 15.9 Å². The zero-order valence-electron chi connectivity index (χ0n) is 18.4. The second-order valence-corrected chi connectivity index (χ2v) is 9.04. The molecule has 3 rings (SSSR count). The standard InChI is InChI=1S/C24H26N2O5S/c1-16-8-9-20(14-17(16)2)26-32(28,29)23-12-10-19(11-13-23)25-24(27)18(3)31-22-7-5-6-21(15-22)30-4/h5-15,18,26H,1-4H3,(H,25,27)/t18-/m0/s1. The third-order valence-electron chi connectivity index (χ3n) is 4.91. The largest absolute Gasteiger partial charge is 0.497 e. The fourth-order valence-corrected chi connectivity index (χ4v) is 3.96. The summed E-state index contributed by atoms with van der Waals surface area (Å²) in [6.07, 6.45) is -0.767. The van der Waals surface area contributed by atoms with Crippen LogP contribution in [0, 0.1) is 13.8 Å². The minimum Gasteiger partial charge on any atom is -0.497 e. The molecule has 7 nitrogen and oxygen atoms in total. The van der Waals surface area contributed by atoms with Gasteiger partial charge in [-0.05, 0) is 80.4 Å². The van der Waals surface area contributed by atoms with E-state index in [4.69, 9.17) is 9.47 Å². The van der Waals surface area contributed by atoms with Gasteiger partial charge in [0.15, 0.2) is 6.10 Å². The number of sulfonamides is 1. The van der Waals surface area contributed by atoms with Gasteiger partial charge in [0, 0.05) is 17.4 Å². The molecule has 0 unspecified atom stereocenters. The van der Waals surface area contributed by atoms with Crippen molar-refractivity contribution in [3.8, 4) is 11.5 Å². The first-order valence-corrected chi connectivity index (χ1v) is 11.5. The second-order valence-electron chi connectivity index (χ2n) is 7.36. The van der Waals surface area contributed by atoms with Crippen molar-refractivity contribution < 1.29 is 22.7 Å². The SMILES string of the molecule is COc1cccc(O[C@@H](C)C(=O)Nc2ccc(S(=O)(=O)Nc3ccc(C)c(C)c3)cc2)c1. The van der Waals surface area contributed by atoms with Gasteiger partial charge in [-0.15, -0.1) is 0 Å². The minimum atomic E-state index is -3.75. The van der Waals surface area contributed by atoms with Crippen molar-refractivity contribution in [2.24, 2.45) is 0 Å². The van der Waals surface area contributed by atoms with Crippen molar-refractivity contribution in [3.05, 3.63) is 77.9 Å². The van der Waals surface area contributed by atoms with E-state index in [-0.39, 0.29) is 10.8 Å². The number of carbonyl (C=O) groups excluding carboxylic acids is 1. The molecular formula is C24H26N2O5S. The molecule has 0 aliphatic heterocycles. The zero-order valence-corrected chi connectivity index (χ0v) is 19.2. The Morgan fingerprint density at radius 1 is 0.875 bits per heavy atom. The number of hydrogen-bond acceptors (Lipinski definition) is 5. The van der Waals surface area contributed by atoms with Gasteiger partial charge in [0.2, 0.25) is 0 Å². The van der Waals surface area contributed by atoms with Gasteiger partial charge in [0.05, 0.1) is 12.0 Å². The van der Waals surface area contributed by atoms with Crippen molar-refractivity contribution >= 4 is 27.3 Å². The van der Waals surface area contributed by atoms with Crippen LogP contribution < -0.4 is 19.5 Å². The van der Waals surface area contributed by atoms with Crippen molar-refractivity contribution in [1.82, 2.24) is 0 Å². The third kappa shape index (κ3) is 5.79. The van der Waals surface area contributed by atoms with E-state index < -0.39 is 16.1 Å². The molecular weight excluding hydrogens is 428 g/mol. The summed E-state index contributed by atoms with van der Waals surface area (Å²) in [6.45, 7) is 5.51. The monoisotopic (exact) mass is 454 g/mol. The van der Waals surface area contributed by atoms with Crippen LogP contribution in [0.15, 0.2) is 71.6 Å². The summed E-state index contributed by atoms with van der Waals surface area (Å²) in [5.74, 6) is 0.767. The molecule has 0 heterocycles. The van der Waals surface area contributed by atoms with Gasteiger partial charge in [-0.3, -0.25) is 9.52 Å². The summed E-state index contributed by atoms with van der Waals surface area (Å²) >= 11 is 0. The third-order valence-corrected chi connectivity index (χ3v) is 6.31. The van der Waals surface area contributed by atoms with Crippen LogP contribution in [0.5, 0.6) is 11.5 Å². The number of amides is 1. The van der Waals surface area contributed by atoms with Crippen LogP contribution in [-0.4, -0.2) is 27.5 Å². The average molecular weight is 455 g/mol. The maximum atomic E-state index is 12.7. The Hall–Kier alpha value is -3.52. The van der Waals surface area contributed by atoms with E-state index in [0.717, 1.165) is 11.1 Å². The molecule has 8 heteroatoms. The quantitative estimate of drug-likeness (QED) is 0.522. The van der Waals surface area contributed by atoms with Crippen molar-refractivity contribution in [3.63, 3.8) is 0 Å². The van der Waals surface area contributed by atoms with Gasteiger partial charge in [-0.2, -0.15) is 0 Å². The van der Waals surface area contributed by atoms with Crippen molar-refractivity contribution in [1.29, 1.82) is 0 Å². The highest BCUT2D eigenvalue weighted by Crippen LogP contribution is 2.22. The van der Waals surface area contributed by atoms with E-state index in [0.29, 0.717) is 22.9 Å². The van der Waals surface area contributed by atoms with Crippen LogP contribution in [-0.2, 0) is 14.8 Å². The van der Waals surface area contributed by atoms with E-state index in [9.17, 15) is 13.2 Å². The Kier molecular flexibility index (Phi) is 7.05. The number of hydrogen-bond donors (Lipinski definition) is 2. The smallest absolute Gasteiger partial charge is 0.265 e. The zero-order chi connectivity index (χ0) is 23.3. The van der Waals surface area contributed by atoms with Crippen LogP contribution in [0.25, 0.3) is 0 Å². The highest BCUT2D eigenvalue weighted by molar-refractivity contribution is 7.92. The second kappa shape index (κ2) is 9.74. The lowest BCUT2D eigenvalue weighted by molar-refractivity contribution is -0.122. The first-order valence-electron chi connectivity index (χ1n) is 9.99. The fraction of sp³-hybridized carbons (Fsp3) is 0.208. The summed E-state index contributed by atoms with van der Waals surface area (Å²) < 4.78 is 38.7. The maximum absolute atomic E-state index is 12.7. The maximum Gasteiger partial charge on any atom is 0.265 e. The lowest BCUT2D eigenvalue weighted by atomic mass is 10.1. The number of anilines is 2. The number of carbonyl (C=O) groups is 1. The van der Waals surface area contributed by atoms with Gasteiger partial charge in [-0.25, -0.2) is 8.42 Å². The number of benzene rings is 3. The lowest BCUT2D eigenvalue weighted by Crippen LogP contribution is -2.30. The van der Waals surface area contributed by atoms with Crippen LogP contribution in [0.1, 0.15) is 18.1 Å². The molecule has 0 radical (unpaired) electrons.